The Balaban J connectivity index is 2.28. The average Bonchev–Trinajstić information content (AvgIpc) is 2.80. The Morgan fingerprint density at radius 1 is 1.32 bits per heavy atom. The second-order valence-electron chi connectivity index (χ2n) is 4.63. The number of carbonyl (C=O) groups is 2. The summed E-state index contributed by atoms with van der Waals surface area (Å²) in [7, 11) is 0. The first-order valence-corrected chi connectivity index (χ1v) is 7.07. The zero-order valence-corrected chi connectivity index (χ0v) is 13.1. The monoisotopic (exact) mass is 350 g/mol. The van der Waals surface area contributed by atoms with E-state index in [1.807, 2.05) is 0 Å². The summed E-state index contributed by atoms with van der Waals surface area (Å²) in [5.41, 5.74) is -0.614. The number of carbonyl (C=O) groups excluding carboxylic acids is 2. The van der Waals surface area contributed by atoms with Crippen molar-refractivity contribution < 1.29 is 14.0 Å². The second-order valence-corrected chi connectivity index (χ2v) is 5.68. The van der Waals surface area contributed by atoms with Crippen LogP contribution in [0.2, 0.25) is 0 Å². The summed E-state index contributed by atoms with van der Waals surface area (Å²) >= 11 is 8.80. The standard InChI is InChI=1S/C12H16BrClN2O3/c1-12(2,7-14)11(18)16-6-5-15-10(17)8-3-4-9(13)19-8/h3-4H,5-7H2,1-2H3,(H,15,17)(H,16,18). The second kappa shape index (κ2) is 6.96. The first-order chi connectivity index (χ1) is 8.86. The summed E-state index contributed by atoms with van der Waals surface area (Å²) in [4.78, 5) is 23.3. The average molecular weight is 352 g/mol. The molecule has 5 nitrogen and oxygen atoms in total. The minimum absolute atomic E-state index is 0.141. The first kappa shape index (κ1) is 16.0. The van der Waals surface area contributed by atoms with Gasteiger partial charge in [-0.2, -0.15) is 0 Å². The van der Waals surface area contributed by atoms with Gasteiger partial charge in [-0.25, -0.2) is 0 Å². The van der Waals surface area contributed by atoms with Crippen LogP contribution in [-0.4, -0.2) is 30.8 Å². The molecule has 19 heavy (non-hydrogen) atoms. The molecule has 106 valence electrons. The Kier molecular flexibility index (Phi) is 5.87. The van der Waals surface area contributed by atoms with Gasteiger partial charge in [0.15, 0.2) is 10.4 Å². The van der Waals surface area contributed by atoms with Crippen molar-refractivity contribution in [1.82, 2.24) is 10.6 Å². The molecule has 0 aromatic carbocycles. The number of nitrogens with one attached hydrogen (secondary N) is 2. The predicted octanol–water partition coefficient (Wildman–Crippen LogP) is 2.15. The largest absolute Gasteiger partial charge is 0.444 e. The van der Waals surface area contributed by atoms with Crippen molar-refractivity contribution in [3.05, 3.63) is 22.6 Å². The molecule has 0 unspecified atom stereocenters. The van der Waals surface area contributed by atoms with Crippen LogP contribution in [0.3, 0.4) is 0 Å². The van der Waals surface area contributed by atoms with E-state index in [1.165, 1.54) is 0 Å². The highest BCUT2D eigenvalue weighted by atomic mass is 79.9. The Bertz CT molecular complexity index is 460. The molecule has 1 aromatic rings. The molecule has 0 aliphatic heterocycles. The van der Waals surface area contributed by atoms with E-state index < -0.39 is 5.41 Å². The van der Waals surface area contributed by atoms with Gasteiger partial charge in [0.05, 0.1) is 5.41 Å². The summed E-state index contributed by atoms with van der Waals surface area (Å²) in [5, 5.41) is 5.34. The van der Waals surface area contributed by atoms with Gasteiger partial charge in [-0.05, 0) is 41.9 Å². The van der Waals surface area contributed by atoms with Crippen molar-refractivity contribution in [2.75, 3.05) is 19.0 Å². The summed E-state index contributed by atoms with van der Waals surface area (Å²) in [6.45, 7) is 4.18. The highest BCUT2D eigenvalue weighted by molar-refractivity contribution is 9.10. The molecule has 0 bridgehead atoms. The van der Waals surface area contributed by atoms with Crippen molar-refractivity contribution >= 4 is 39.3 Å². The molecule has 1 rings (SSSR count). The van der Waals surface area contributed by atoms with Crippen LogP contribution < -0.4 is 10.6 Å². The van der Waals surface area contributed by atoms with Gasteiger partial charge in [-0.15, -0.1) is 11.6 Å². The van der Waals surface area contributed by atoms with Crippen LogP contribution in [0.5, 0.6) is 0 Å². The van der Waals surface area contributed by atoms with Crippen LogP contribution in [0, 0.1) is 5.41 Å². The summed E-state index contributed by atoms with van der Waals surface area (Å²) in [6, 6.07) is 3.20. The molecule has 0 radical (unpaired) electrons. The van der Waals surface area contributed by atoms with Crippen molar-refractivity contribution in [1.29, 1.82) is 0 Å². The third kappa shape index (κ3) is 4.87. The van der Waals surface area contributed by atoms with Crippen LogP contribution >= 0.6 is 27.5 Å². The molecule has 0 aliphatic rings. The number of hydrogen-bond acceptors (Lipinski definition) is 3. The van der Waals surface area contributed by atoms with E-state index in [9.17, 15) is 9.59 Å². The van der Waals surface area contributed by atoms with Crippen molar-refractivity contribution in [3.63, 3.8) is 0 Å². The van der Waals surface area contributed by atoms with E-state index >= 15 is 0 Å². The first-order valence-electron chi connectivity index (χ1n) is 5.74. The lowest BCUT2D eigenvalue weighted by atomic mass is 9.95. The lowest BCUT2D eigenvalue weighted by Crippen LogP contribution is -2.41. The molecule has 0 atom stereocenters. The smallest absolute Gasteiger partial charge is 0.287 e. The highest BCUT2D eigenvalue weighted by Crippen LogP contribution is 2.16. The Hall–Kier alpha value is -1.01. The van der Waals surface area contributed by atoms with Gasteiger partial charge in [0, 0.05) is 19.0 Å². The van der Waals surface area contributed by atoms with E-state index in [-0.39, 0.29) is 23.5 Å². The molecular weight excluding hydrogens is 336 g/mol. The van der Waals surface area contributed by atoms with Gasteiger partial charge < -0.3 is 15.1 Å². The fourth-order valence-electron chi connectivity index (χ4n) is 1.18. The third-order valence-electron chi connectivity index (χ3n) is 2.44. The highest BCUT2D eigenvalue weighted by Gasteiger charge is 2.25. The zero-order valence-electron chi connectivity index (χ0n) is 10.8. The maximum absolute atomic E-state index is 11.7. The fraction of sp³-hybridized carbons (Fsp3) is 0.500. The number of hydrogen-bond donors (Lipinski definition) is 2. The van der Waals surface area contributed by atoms with Gasteiger partial charge in [-0.1, -0.05) is 0 Å². The summed E-state index contributed by atoms with van der Waals surface area (Å²) in [6.07, 6.45) is 0. The summed E-state index contributed by atoms with van der Waals surface area (Å²) < 4.78 is 5.59. The molecule has 1 aromatic heterocycles. The number of furan rings is 1. The normalized spacial score (nSPS) is 11.2. The van der Waals surface area contributed by atoms with E-state index in [1.54, 1.807) is 26.0 Å². The molecule has 0 saturated carbocycles. The van der Waals surface area contributed by atoms with E-state index in [2.05, 4.69) is 26.6 Å². The van der Waals surface area contributed by atoms with Crippen molar-refractivity contribution in [3.8, 4) is 0 Å². The molecule has 0 saturated heterocycles. The maximum atomic E-state index is 11.7. The molecule has 0 spiro atoms. The predicted molar refractivity (Wildman–Crippen MR) is 76.3 cm³/mol. The zero-order chi connectivity index (χ0) is 14.5. The van der Waals surface area contributed by atoms with Gasteiger partial charge >= 0.3 is 0 Å². The quantitative estimate of drug-likeness (QED) is 0.609. The van der Waals surface area contributed by atoms with Crippen molar-refractivity contribution in [2.45, 2.75) is 13.8 Å². The number of alkyl halides is 1. The lowest BCUT2D eigenvalue weighted by molar-refractivity contribution is -0.128. The molecular formula is C12H16BrClN2O3. The minimum Gasteiger partial charge on any atom is -0.444 e. The Morgan fingerprint density at radius 3 is 2.47 bits per heavy atom. The molecule has 0 fully saturated rings. The SMILES string of the molecule is CC(C)(CCl)C(=O)NCCNC(=O)c1ccc(Br)o1. The Morgan fingerprint density at radius 2 is 1.95 bits per heavy atom. The van der Waals surface area contributed by atoms with Gasteiger partial charge in [-0.3, -0.25) is 9.59 Å². The minimum atomic E-state index is -0.614. The topological polar surface area (TPSA) is 71.3 Å². The summed E-state index contributed by atoms with van der Waals surface area (Å²) in [5.74, 6) is -0.000602. The number of halogens is 2. The van der Waals surface area contributed by atoms with Gasteiger partial charge in [0.1, 0.15) is 0 Å². The number of rotatable bonds is 6. The third-order valence-corrected chi connectivity index (χ3v) is 3.54. The van der Waals surface area contributed by atoms with Crippen molar-refractivity contribution in [2.24, 2.45) is 5.41 Å². The van der Waals surface area contributed by atoms with Crippen LogP contribution in [-0.2, 0) is 4.79 Å². The molecule has 2 N–H and O–H groups in total. The lowest BCUT2D eigenvalue weighted by Gasteiger charge is -2.20. The molecule has 0 aliphatic carbocycles. The molecule has 2 amide bonds. The number of amides is 2. The molecule has 7 heteroatoms. The van der Waals surface area contributed by atoms with Crippen LogP contribution in [0.15, 0.2) is 21.2 Å². The van der Waals surface area contributed by atoms with E-state index in [0.717, 1.165) is 0 Å². The fourth-order valence-corrected chi connectivity index (χ4v) is 1.60. The van der Waals surface area contributed by atoms with Crippen LogP contribution in [0.25, 0.3) is 0 Å². The molecule has 1 heterocycles. The van der Waals surface area contributed by atoms with Crippen LogP contribution in [0.4, 0.5) is 0 Å². The van der Waals surface area contributed by atoms with Gasteiger partial charge in [0.25, 0.3) is 5.91 Å². The van der Waals surface area contributed by atoms with E-state index in [0.29, 0.717) is 17.8 Å². The maximum Gasteiger partial charge on any atom is 0.287 e. The Labute approximate surface area is 125 Å². The van der Waals surface area contributed by atoms with E-state index in [4.69, 9.17) is 16.0 Å². The van der Waals surface area contributed by atoms with Crippen LogP contribution in [0.1, 0.15) is 24.4 Å². The van der Waals surface area contributed by atoms with Gasteiger partial charge in [0.2, 0.25) is 5.91 Å².